The lowest BCUT2D eigenvalue weighted by Gasteiger charge is -2.02. The van der Waals surface area contributed by atoms with Gasteiger partial charge in [0.05, 0.1) is 0 Å². The van der Waals surface area contributed by atoms with Crippen molar-refractivity contribution in [3.05, 3.63) is 60.8 Å². The zero-order valence-electron chi connectivity index (χ0n) is 30.7. The molecular formula is C46H68O3. The van der Waals surface area contributed by atoms with Crippen LogP contribution in [0.15, 0.2) is 60.8 Å². The van der Waals surface area contributed by atoms with Gasteiger partial charge in [-0.3, -0.25) is 0 Å². The third-order valence-corrected chi connectivity index (χ3v) is 8.13. The van der Waals surface area contributed by atoms with E-state index in [0.717, 1.165) is 64.2 Å². The predicted molar refractivity (Wildman–Crippen MR) is 212 cm³/mol. The second-order valence-corrected chi connectivity index (χ2v) is 12.7. The number of hydrogen-bond acceptors (Lipinski definition) is 3. The molecule has 3 heteroatoms. The normalized spacial score (nSPS) is 13.4. The zero-order chi connectivity index (χ0) is 35.7. The summed E-state index contributed by atoms with van der Waals surface area (Å²) in [5.41, 5.74) is 0. The fourth-order valence-electron chi connectivity index (χ4n) is 5.17. The molecule has 0 aromatic carbocycles. The van der Waals surface area contributed by atoms with Gasteiger partial charge in [0.2, 0.25) is 0 Å². The van der Waals surface area contributed by atoms with E-state index in [4.69, 9.17) is 12.8 Å². The summed E-state index contributed by atoms with van der Waals surface area (Å²) in [6.45, 7) is 0. The molecule has 0 saturated carbocycles. The van der Waals surface area contributed by atoms with Gasteiger partial charge in [-0.2, -0.15) is 0 Å². The van der Waals surface area contributed by atoms with Crippen molar-refractivity contribution < 1.29 is 15.3 Å². The quantitative estimate of drug-likeness (QED) is 0.0406. The molecule has 0 aliphatic carbocycles. The molecule has 0 aliphatic rings. The van der Waals surface area contributed by atoms with Crippen LogP contribution in [-0.2, 0) is 0 Å². The minimum absolute atomic E-state index is 0.730. The fraction of sp³-hybridized carbons (Fsp3) is 0.609. The molecule has 270 valence electrons. The molecule has 0 radical (unpaired) electrons. The molecule has 0 aliphatic heterocycles. The van der Waals surface area contributed by atoms with E-state index in [0.29, 0.717) is 0 Å². The smallest absolute Gasteiger partial charge is 0.176 e. The summed E-state index contributed by atoms with van der Waals surface area (Å²) < 4.78 is 0. The van der Waals surface area contributed by atoms with Gasteiger partial charge in [0.25, 0.3) is 0 Å². The van der Waals surface area contributed by atoms with Crippen molar-refractivity contribution in [2.24, 2.45) is 0 Å². The van der Waals surface area contributed by atoms with Crippen molar-refractivity contribution >= 4 is 0 Å². The second kappa shape index (κ2) is 39.3. The van der Waals surface area contributed by atoms with E-state index in [1.54, 1.807) is 12.2 Å². The maximum Gasteiger partial charge on any atom is 0.176 e. The minimum atomic E-state index is -0.874. The first-order valence-electron chi connectivity index (χ1n) is 19.3. The number of aliphatic hydroxyl groups is 3. The monoisotopic (exact) mass is 669 g/mol. The molecule has 0 heterocycles. The Kier molecular flexibility index (Phi) is 36.7. The van der Waals surface area contributed by atoms with Crippen LogP contribution < -0.4 is 0 Å². The summed E-state index contributed by atoms with van der Waals surface area (Å²) in [4.78, 5) is 0. The molecule has 0 unspecified atom stereocenters. The first-order valence-corrected chi connectivity index (χ1v) is 19.3. The van der Waals surface area contributed by atoms with Gasteiger partial charge in [-0.05, 0) is 102 Å². The van der Waals surface area contributed by atoms with Gasteiger partial charge in [0.15, 0.2) is 6.10 Å². The SMILES string of the molecule is C#C[C@@H](O)/C=C/CCCCCCCCCCCCC/C=C\CC/C=C/C#C[C@@H](O)C#CCCCC/C=C\CCCCCC/C=C/[C@@H](O)C#C. The van der Waals surface area contributed by atoms with E-state index in [9.17, 15) is 15.3 Å². The molecule has 0 bridgehead atoms. The van der Waals surface area contributed by atoms with Gasteiger partial charge in [-0.1, -0.05) is 149 Å². The Labute approximate surface area is 302 Å². The number of hydrogen-bond donors (Lipinski definition) is 3. The lowest BCUT2D eigenvalue weighted by Crippen LogP contribution is -1.97. The topological polar surface area (TPSA) is 60.7 Å². The fourth-order valence-corrected chi connectivity index (χ4v) is 5.17. The number of aliphatic hydroxyl groups excluding tert-OH is 3. The molecule has 3 atom stereocenters. The van der Waals surface area contributed by atoms with Crippen LogP contribution in [0.3, 0.4) is 0 Å². The molecule has 3 nitrogen and oxygen atoms in total. The predicted octanol–water partition coefficient (Wildman–Crippen LogP) is 10.9. The summed E-state index contributed by atoms with van der Waals surface area (Å²) in [5, 5.41) is 28.4. The van der Waals surface area contributed by atoms with Crippen LogP contribution in [0.4, 0.5) is 0 Å². The molecule has 0 aromatic heterocycles. The van der Waals surface area contributed by atoms with E-state index in [1.807, 2.05) is 18.2 Å². The Morgan fingerprint density at radius 1 is 0.408 bits per heavy atom. The minimum Gasteiger partial charge on any atom is -0.377 e. The molecule has 0 saturated heterocycles. The standard InChI is InChI=1S/C46H68O3/c1-3-44(47)40-36-32-28-24-20-16-12-10-8-6-5-7-9-11-13-18-22-26-30-34-38-42-46(49)43-39-35-31-27-23-19-15-14-17-21-25-29-33-37-41-45(48)4-2/h1-2,13,15,18-19,30,34,36-37,40-41,44-49H,5-12,14,16-17,20-29,31-33,35H2/b18-13-,19-15-,34-30+,40-36+,41-37+/t44-,45+,46-/m1/s1. The van der Waals surface area contributed by atoms with Gasteiger partial charge < -0.3 is 15.3 Å². The lowest BCUT2D eigenvalue weighted by molar-refractivity contribution is 0.280. The first-order chi connectivity index (χ1) is 24.1. The first kappa shape index (κ1) is 45.8. The van der Waals surface area contributed by atoms with Crippen molar-refractivity contribution in [2.75, 3.05) is 0 Å². The van der Waals surface area contributed by atoms with Crippen LogP contribution in [0, 0.1) is 48.4 Å². The molecular weight excluding hydrogens is 601 g/mol. The largest absolute Gasteiger partial charge is 0.377 e. The summed E-state index contributed by atoms with van der Waals surface area (Å²) in [6, 6.07) is 0. The van der Waals surface area contributed by atoms with E-state index >= 15 is 0 Å². The summed E-state index contributed by atoms with van der Waals surface area (Å²) in [6.07, 6.45) is 57.9. The average Bonchev–Trinajstić information content (AvgIpc) is 3.11. The Morgan fingerprint density at radius 2 is 0.776 bits per heavy atom. The van der Waals surface area contributed by atoms with E-state index in [2.05, 4.69) is 65.9 Å². The Balaban J connectivity index is 3.52. The van der Waals surface area contributed by atoms with Crippen molar-refractivity contribution in [1.82, 2.24) is 0 Å². The van der Waals surface area contributed by atoms with Gasteiger partial charge >= 0.3 is 0 Å². The maximum absolute atomic E-state index is 9.93. The zero-order valence-corrected chi connectivity index (χ0v) is 30.7. The highest BCUT2D eigenvalue weighted by Crippen LogP contribution is 2.13. The van der Waals surface area contributed by atoms with Gasteiger partial charge in [0.1, 0.15) is 12.2 Å². The van der Waals surface area contributed by atoms with Crippen molar-refractivity contribution in [3.8, 4) is 48.4 Å². The number of rotatable bonds is 30. The average molecular weight is 669 g/mol. The summed E-state index contributed by atoms with van der Waals surface area (Å²) in [5.74, 6) is 16.2. The van der Waals surface area contributed by atoms with E-state index in [1.165, 1.54) is 96.3 Å². The highest BCUT2D eigenvalue weighted by Gasteiger charge is 1.95. The molecule has 0 aromatic rings. The van der Waals surface area contributed by atoms with Crippen LogP contribution >= 0.6 is 0 Å². The van der Waals surface area contributed by atoms with Crippen LogP contribution in [-0.4, -0.2) is 33.6 Å². The third-order valence-electron chi connectivity index (χ3n) is 8.13. The van der Waals surface area contributed by atoms with Gasteiger partial charge in [-0.25, -0.2) is 0 Å². The number of allylic oxidation sites excluding steroid dienone is 8. The molecule has 0 spiro atoms. The Morgan fingerprint density at radius 3 is 1.22 bits per heavy atom. The Bertz CT molecular complexity index is 1100. The van der Waals surface area contributed by atoms with Crippen LogP contribution in [0.25, 0.3) is 0 Å². The molecule has 0 rings (SSSR count). The molecule has 3 N–H and O–H groups in total. The van der Waals surface area contributed by atoms with Crippen LogP contribution in [0.2, 0.25) is 0 Å². The van der Waals surface area contributed by atoms with Gasteiger partial charge in [0, 0.05) is 6.42 Å². The summed E-state index contributed by atoms with van der Waals surface area (Å²) >= 11 is 0. The second-order valence-electron chi connectivity index (χ2n) is 12.7. The third kappa shape index (κ3) is 39.1. The van der Waals surface area contributed by atoms with Crippen LogP contribution in [0.5, 0.6) is 0 Å². The van der Waals surface area contributed by atoms with Crippen molar-refractivity contribution in [1.29, 1.82) is 0 Å². The highest BCUT2D eigenvalue weighted by atomic mass is 16.3. The maximum atomic E-state index is 9.93. The van der Waals surface area contributed by atoms with E-state index in [-0.39, 0.29) is 0 Å². The number of unbranched alkanes of at least 4 members (excludes halogenated alkanes) is 21. The van der Waals surface area contributed by atoms with Gasteiger partial charge in [-0.15, -0.1) is 12.8 Å². The van der Waals surface area contributed by atoms with Crippen molar-refractivity contribution in [2.45, 2.75) is 179 Å². The highest BCUT2D eigenvalue weighted by molar-refractivity contribution is 5.24. The van der Waals surface area contributed by atoms with Crippen LogP contribution in [0.1, 0.15) is 161 Å². The Hall–Kier alpha value is -3.18. The summed E-state index contributed by atoms with van der Waals surface area (Å²) in [7, 11) is 0. The number of terminal acetylenes is 2. The van der Waals surface area contributed by atoms with E-state index < -0.39 is 18.3 Å². The molecule has 49 heavy (non-hydrogen) atoms. The molecule has 0 amide bonds. The lowest BCUT2D eigenvalue weighted by atomic mass is 10.0. The molecule has 0 fully saturated rings. The van der Waals surface area contributed by atoms with Crippen molar-refractivity contribution in [3.63, 3.8) is 0 Å².